The second-order valence-electron chi connectivity index (χ2n) is 13.4. The van der Waals surface area contributed by atoms with E-state index in [0.29, 0.717) is 0 Å². The molecule has 0 radical (unpaired) electrons. The Hall–Kier alpha value is -7.24. The maximum absolute atomic E-state index is 6.74. The van der Waals surface area contributed by atoms with Crippen LogP contribution in [-0.2, 0) is 0 Å². The molecule has 4 heterocycles. The summed E-state index contributed by atoms with van der Waals surface area (Å²) < 4.78 is 11.3. The highest BCUT2D eigenvalue weighted by molar-refractivity contribution is 6.19. The van der Waals surface area contributed by atoms with Crippen molar-refractivity contribution >= 4 is 60.2 Å². The Morgan fingerprint density at radius 3 is 1.92 bits per heavy atom. The Kier molecular flexibility index (Phi) is 6.48. The number of ether oxygens (including phenoxy) is 1. The second-order valence-corrected chi connectivity index (χ2v) is 13.4. The summed E-state index contributed by atoms with van der Waals surface area (Å²) in [6.45, 7) is 0. The van der Waals surface area contributed by atoms with E-state index in [4.69, 9.17) is 14.7 Å². The number of hydrogen-bond donors (Lipinski definition) is 0. The van der Waals surface area contributed by atoms with Crippen LogP contribution in [0.15, 0.2) is 182 Å². The molecule has 0 aliphatic carbocycles. The van der Waals surface area contributed by atoms with E-state index in [1.54, 1.807) is 0 Å². The zero-order chi connectivity index (χ0) is 34.9. The van der Waals surface area contributed by atoms with Crippen LogP contribution in [0.1, 0.15) is 0 Å². The zero-order valence-electron chi connectivity index (χ0n) is 28.5. The molecule has 11 aromatic rings. The van der Waals surface area contributed by atoms with Gasteiger partial charge in [-0.15, -0.1) is 0 Å². The van der Waals surface area contributed by atoms with Crippen LogP contribution in [0.3, 0.4) is 0 Å². The van der Waals surface area contributed by atoms with Crippen molar-refractivity contribution in [3.05, 3.63) is 182 Å². The molecule has 0 amide bonds. The zero-order valence-corrected chi connectivity index (χ0v) is 28.5. The maximum Gasteiger partial charge on any atom is 0.146 e. The Morgan fingerprint density at radius 1 is 0.434 bits per heavy atom. The average Bonchev–Trinajstić information content (AvgIpc) is 3.78. The predicted molar refractivity (Wildman–Crippen MR) is 217 cm³/mol. The normalized spacial score (nSPS) is 11.8. The number of aromatic nitrogens is 4. The molecule has 0 saturated heterocycles. The second kappa shape index (κ2) is 11.7. The number of rotatable bonds is 5. The van der Waals surface area contributed by atoms with Gasteiger partial charge in [-0.05, 0) is 100 Å². The number of benzene rings is 7. The van der Waals surface area contributed by atoms with Crippen molar-refractivity contribution in [1.82, 2.24) is 18.9 Å². The Morgan fingerprint density at radius 2 is 1.11 bits per heavy atom. The Labute approximate surface area is 304 Å². The van der Waals surface area contributed by atoms with E-state index in [0.717, 1.165) is 77.8 Å². The van der Waals surface area contributed by atoms with Crippen molar-refractivity contribution in [3.63, 3.8) is 0 Å². The third kappa shape index (κ3) is 4.64. The molecule has 0 bridgehead atoms. The molecule has 7 aromatic carbocycles. The van der Waals surface area contributed by atoms with E-state index in [2.05, 4.69) is 167 Å². The Balaban J connectivity index is 1.16. The summed E-state index contributed by atoms with van der Waals surface area (Å²) in [7, 11) is 0. The topological polar surface area (TPSA) is 44.3 Å². The molecular weight excluding hydrogens is 649 g/mol. The lowest BCUT2D eigenvalue weighted by atomic mass is 9.92. The minimum Gasteiger partial charge on any atom is -0.457 e. The largest absolute Gasteiger partial charge is 0.457 e. The van der Waals surface area contributed by atoms with E-state index in [9.17, 15) is 0 Å². The smallest absolute Gasteiger partial charge is 0.146 e. The molecule has 5 heteroatoms. The van der Waals surface area contributed by atoms with Gasteiger partial charge < -0.3 is 4.74 Å². The van der Waals surface area contributed by atoms with Gasteiger partial charge in [-0.3, -0.25) is 8.97 Å². The average molecular weight is 679 g/mol. The quantitative estimate of drug-likeness (QED) is 0.170. The van der Waals surface area contributed by atoms with Gasteiger partial charge in [-0.1, -0.05) is 97.1 Å². The van der Waals surface area contributed by atoms with Gasteiger partial charge in [0.1, 0.15) is 23.0 Å². The maximum atomic E-state index is 6.74. The molecule has 248 valence electrons. The first-order valence-electron chi connectivity index (χ1n) is 17.8. The fourth-order valence-electron chi connectivity index (χ4n) is 8.05. The van der Waals surface area contributed by atoms with Crippen molar-refractivity contribution in [2.75, 3.05) is 0 Å². The van der Waals surface area contributed by atoms with Crippen LogP contribution >= 0.6 is 0 Å². The minimum atomic E-state index is 0.743. The van der Waals surface area contributed by atoms with Gasteiger partial charge in [0.05, 0.1) is 27.6 Å². The lowest BCUT2D eigenvalue weighted by Gasteiger charge is -2.17. The van der Waals surface area contributed by atoms with Crippen molar-refractivity contribution in [3.8, 4) is 39.6 Å². The van der Waals surface area contributed by atoms with E-state index in [-0.39, 0.29) is 0 Å². The van der Waals surface area contributed by atoms with Crippen LogP contribution < -0.4 is 4.74 Å². The molecule has 0 fully saturated rings. The van der Waals surface area contributed by atoms with Gasteiger partial charge in [0.25, 0.3) is 0 Å². The molecule has 5 nitrogen and oxygen atoms in total. The van der Waals surface area contributed by atoms with Crippen LogP contribution in [0.4, 0.5) is 0 Å². The number of hydrogen-bond acceptors (Lipinski definition) is 3. The molecule has 0 N–H and O–H groups in total. The van der Waals surface area contributed by atoms with Crippen LogP contribution in [0.5, 0.6) is 11.5 Å². The highest BCUT2D eigenvalue weighted by atomic mass is 16.5. The first-order valence-corrected chi connectivity index (χ1v) is 17.8. The first kappa shape index (κ1) is 29.5. The van der Waals surface area contributed by atoms with Crippen molar-refractivity contribution in [2.45, 2.75) is 0 Å². The van der Waals surface area contributed by atoms with Crippen molar-refractivity contribution < 1.29 is 4.74 Å². The van der Waals surface area contributed by atoms with Gasteiger partial charge in [-0.25, -0.2) is 9.97 Å². The van der Waals surface area contributed by atoms with Gasteiger partial charge in [0.15, 0.2) is 0 Å². The van der Waals surface area contributed by atoms with E-state index >= 15 is 0 Å². The van der Waals surface area contributed by atoms with Crippen LogP contribution in [0, 0.1) is 0 Å². The summed E-state index contributed by atoms with van der Waals surface area (Å²) in [5.74, 6) is 2.36. The number of nitrogens with zero attached hydrogens (tertiary/aromatic N) is 4. The molecule has 0 aliphatic rings. The molecule has 11 rings (SSSR count). The summed E-state index contributed by atoms with van der Waals surface area (Å²) in [6.07, 6.45) is 1.83. The minimum absolute atomic E-state index is 0.743. The highest BCUT2D eigenvalue weighted by Crippen LogP contribution is 2.42. The first-order chi connectivity index (χ1) is 26.3. The lowest BCUT2D eigenvalue weighted by Crippen LogP contribution is -1.97. The Bertz CT molecular complexity index is 3180. The third-order valence-corrected chi connectivity index (χ3v) is 10.4. The predicted octanol–water partition coefficient (Wildman–Crippen LogP) is 12.4. The number of fused-ring (bicyclic) bond motifs is 11. The summed E-state index contributed by atoms with van der Waals surface area (Å²) in [4.78, 5) is 9.96. The molecule has 0 unspecified atom stereocenters. The monoisotopic (exact) mass is 678 g/mol. The van der Waals surface area contributed by atoms with E-state index in [1.807, 2.05) is 24.4 Å². The van der Waals surface area contributed by atoms with Crippen molar-refractivity contribution in [1.29, 1.82) is 0 Å². The fourth-order valence-corrected chi connectivity index (χ4v) is 8.05. The summed E-state index contributed by atoms with van der Waals surface area (Å²) in [5, 5.41) is 5.65. The number of para-hydroxylation sites is 3. The molecular formula is C48H30N4O. The summed E-state index contributed by atoms with van der Waals surface area (Å²) in [5.41, 5.74) is 10.8. The molecule has 0 aliphatic heterocycles. The standard InChI is InChI=1S/C48H30N4O/c1-3-13-31(14-4-1)33-27-39(32-15-5-2-6-16-32)47-38-25-23-34(29-40(38)48-50-41-18-8-10-20-43(41)52(48)45(47)28-33)53-35-22-24-37-36-17-7-9-19-42(36)51(44(37)30-35)46-21-11-12-26-49-46/h1-30H. The lowest BCUT2D eigenvalue weighted by molar-refractivity contribution is 0.484. The number of imidazole rings is 1. The SMILES string of the molecule is c1ccc(-c2cc(-c3ccccc3)c3c4ccc(Oc5ccc6c7ccccc7n(-c7ccccn7)c6c5)cc4c4nc5ccccc5n4c3c2)cc1. The summed E-state index contributed by atoms with van der Waals surface area (Å²) >= 11 is 0. The summed E-state index contributed by atoms with van der Waals surface area (Å²) in [6, 6.07) is 61.6. The van der Waals surface area contributed by atoms with E-state index < -0.39 is 0 Å². The molecule has 53 heavy (non-hydrogen) atoms. The fraction of sp³-hybridized carbons (Fsp3) is 0. The van der Waals surface area contributed by atoms with E-state index in [1.165, 1.54) is 21.9 Å². The van der Waals surface area contributed by atoms with Gasteiger partial charge in [0.2, 0.25) is 0 Å². The molecule has 0 saturated carbocycles. The third-order valence-electron chi connectivity index (χ3n) is 10.4. The number of pyridine rings is 2. The van der Waals surface area contributed by atoms with Crippen LogP contribution in [0.2, 0.25) is 0 Å². The molecule has 0 atom stereocenters. The van der Waals surface area contributed by atoms with Crippen LogP contribution in [-0.4, -0.2) is 18.9 Å². The molecule has 0 spiro atoms. The van der Waals surface area contributed by atoms with Gasteiger partial charge >= 0.3 is 0 Å². The molecule has 4 aromatic heterocycles. The highest BCUT2D eigenvalue weighted by Gasteiger charge is 2.20. The van der Waals surface area contributed by atoms with Gasteiger partial charge in [-0.2, -0.15) is 0 Å². The van der Waals surface area contributed by atoms with Crippen molar-refractivity contribution in [2.24, 2.45) is 0 Å². The van der Waals surface area contributed by atoms with Crippen LogP contribution in [0.25, 0.3) is 88.2 Å². The van der Waals surface area contributed by atoms with Gasteiger partial charge in [0, 0.05) is 33.8 Å².